The Morgan fingerprint density at radius 2 is 0.952 bits per heavy atom. The van der Waals surface area contributed by atoms with Gasteiger partial charge in [-0.3, -0.25) is 0 Å². The molecule has 0 saturated heterocycles. The van der Waals surface area contributed by atoms with Crippen molar-refractivity contribution < 1.29 is 8.42 Å². The van der Waals surface area contributed by atoms with Crippen LogP contribution >= 0.6 is 0 Å². The lowest BCUT2D eigenvalue weighted by Crippen LogP contribution is -1.96. The molecule has 0 bridgehead atoms. The molecule has 5 rings (SSSR count). The minimum Gasteiger partial charge on any atom is -0.218 e. The molecule has 4 aromatic carbocycles. The third kappa shape index (κ3) is 1.17. The average molecular weight is 290 g/mol. The van der Waals surface area contributed by atoms with E-state index < -0.39 is 9.84 Å². The maximum atomic E-state index is 12.8. The van der Waals surface area contributed by atoms with E-state index in [-0.39, 0.29) is 0 Å². The summed E-state index contributed by atoms with van der Waals surface area (Å²) in [6, 6.07) is 19.2. The maximum Gasteiger partial charge on any atom is 0.207 e. The summed E-state index contributed by atoms with van der Waals surface area (Å²) in [7, 11) is -3.39. The molecular formula is C18H10O2S. The smallest absolute Gasteiger partial charge is 0.207 e. The van der Waals surface area contributed by atoms with E-state index in [9.17, 15) is 8.42 Å². The van der Waals surface area contributed by atoms with Crippen LogP contribution in [0.25, 0.3) is 32.3 Å². The molecular weight excluding hydrogens is 280 g/mol. The van der Waals surface area contributed by atoms with Crippen LogP contribution in [0, 0.1) is 0 Å². The fourth-order valence-corrected chi connectivity index (χ4v) is 5.26. The van der Waals surface area contributed by atoms with Crippen molar-refractivity contribution in [3.05, 3.63) is 60.7 Å². The van der Waals surface area contributed by atoms with E-state index in [2.05, 4.69) is 12.1 Å². The molecule has 1 heterocycles. The molecule has 4 aromatic rings. The van der Waals surface area contributed by atoms with Crippen LogP contribution in [0.3, 0.4) is 0 Å². The highest BCUT2D eigenvalue weighted by atomic mass is 32.2. The number of rotatable bonds is 0. The summed E-state index contributed by atoms with van der Waals surface area (Å²) >= 11 is 0. The van der Waals surface area contributed by atoms with Gasteiger partial charge < -0.3 is 0 Å². The van der Waals surface area contributed by atoms with Crippen LogP contribution in [0.15, 0.2) is 70.5 Å². The Hall–Kier alpha value is -2.39. The molecule has 0 saturated carbocycles. The molecule has 0 amide bonds. The molecule has 1 aliphatic heterocycles. The van der Waals surface area contributed by atoms with Crippen LogP contribution in [0.1, 0.15) is 0 Å². The minimum atomic E-state index is -3.39. The molecule has 0 atom stereocenters. The Labute approximate surface area is 121 Å². The summed E-state index contributed by atoms with van der Waals surface area (Å²) in [5.74, 6) is 0. The highest BCUT2D eigenvalue weighted by Gasteiger charge is 2.31. The van der Waals surface area contributed by atoms with Gasteiger partial charge in [-0.15, -0.1) is 0 Å². The van der Waals surface area contributed by atoms with Crippen LogP contribution in [0.2, 0.25) is 0 Å². The highest BCUT2D eigenvalue weighted by molar-refractivity contribution is 7.92. The van der Waals surface area contributed by atoms with Gasteiger partial charge in [-0.05, 0) is 33.7 Å². The van der Waals surface area contributed by atoms with E-state index >= 15 is 0 Å². The second-order valence-electron chi connectivity index (χ2n) is 5.41. The van der Waals surface area contributed by atoms with Crippen LogP contribution in [-0.4, -0.2) is 8.42 Å². The zero-order chi connectivity index (χ0) is 14.2. The van der Waals surface area contributed by atoms with Gasteiger partial charge in [-0.25, -0.2) is 8.42 Å². The van der Waals surface area contributed by atoms with E-state index in [4.69, 9.17) is 0 Å². The lowest BCUT2D eigenvalue weighted by atomic mass is 9.95. The summed E-state index contributed by atoms with van der Waals surface area (Å²) < 4.78 is 25.5. The van der Waals surface area contributed by atoms with E-state index in [0.717, 1.165) is 32.3 Å². The zero-order valence-electron chi connectivity index (χ0n) is 11.0. The number of fused-ring (bicyclic) bond motifs is 3. The fourth-order valence-electron chi connectivity index (χ4n) is 3.55. The van der Waals surface area contributed by atoms with E-state index in [0.29, 0.717) is 9.79 Å². The highest BCUT2D eigenvalue weighted by Crippen LogP contribution is 2.46. The van der Waals surface area contributed by atoms with E-state index in [1.54, 1.807) is 12.1 Å². The molecule has 0 aromatic heterocycles. The first-order chi connectivity index (χ1) is 10.2. The summed E-state index contributed by atoms with van der Waals surface area (Å²) in [6.07, 6.45) is 0. The second kappa shape index (κ2) is 3.43. The van der Waals surface area contributed by atoms with Crippen LogP contribution in [0.4, 0.5) is 0 Å². The monoisotopic (exact) mass is 290 g/mol. The first-order valence-corrected chi connectivity index (χ1v) is 8.29. The molecule has 0 unspecified atom stereocenters. The predicted octanol–water partition coefficient (Wildman–Crippen LogP) is 4.29. The summed E-state index contributed by atoms with van der Waals surface area (Å²) in [4.78, 5) is 0.883. The van der Waals surface area contributed by atoms with E-state index in [1.807, 2.05) is 36.4 Å². The third-order valence-electron chi connectivity index (χ3n) is 4.39. The molecule has 3 heteroatoms. The largest absolute Gasteiger partial charge is 0.218 e. The molecule has 21 heavy (non-hydrogen) atoms. The Morgan fingerprint density at radius 3 is 1.43 bits per heavy atom. The normalized spacial score (nSPS) is 15.4. The molecule has 0 spiro atoms. The van der Waals surface area contributed by atoms with Gasteiger partial charge in [0.05, 0.1) is 9.79 Å². The summed E-state index contributed by atoms with van der Waals surface area (Å²) in [5, 5.41) is 6.00. The quantitative estimate of drug-likeness (QED) is 0.399. The Balaban J connectivity index is 2.32. The molecule has 0 radical (unpaired) electrons. The SMILES string of the molecule is O=S1(=O)c2cccc3c4ccccc4c4cccc1c4c23. The first-order valence-electron chi connectivity index (χ1n) is 6.81. The van der Waals surface area contributed by atoms with Crippen molar-refractivity contribution in [2.75, 3.05) is 0 Å². The zero-order valence-corrected chi connectivity index (χ0v) is 11.8. The van der Waals surface area contributed by atoms with Crippen molar-refractivity contribution in [1.29, 1.82) is 0 Å². The van der Waals surface area contributed by atoms with Crippen LogP contribution in [-0.2, 0) is 9.84 Å². The van der Waals surface area contributed by atoms with Crippen molar-refractivity contribution in [2.45, 2.75) is 9.79 Å². The fraction of sp³-hybridized carbons (Fsp3) is 0. The van der Waals surface area contributed by atoms with Gasteiger partial charge in [-0.2, -0.15) is 0 Å². The van der Waals surface area contributed by atoms with Crippen molar-refractivity contribution >= 4 is 42.2 Å². The lowest BCUT2D eigenvalue weighted by molar-refractivity contribution is 0.599. The molecule has 2 nitrogen and oxygen atoms in total. The predicted molar refractivity (Wildman–Crippen MR) is 84.4 cm³/mol. The number of benzene rings is 4. The van der Waals surface area contributed by atoms with Gasteiger partial charge in [0.15, 0.2) is 0 Å². The Bertz CT molecular complexity index is 1100. The molecule has 0 N–H and O–H groups in total. The van der Waals surface area contributed by atoms with Crippen molar-refractivity contribution in [1.82, 2.24) is 0 Å². The third-order valence-corrected chi connectivity index (χ3v) is 6.23. The second-order valence-corrected chi connectivity index (χ2v) is 7.29. The van der Waals surface area contributed by atoms with Gasteiger partial charge in [0.2, 0.25) is 9.84 Å². The lowest BCUT2D eigenvalue weighted by Gasteiger charge is -2.08. The standard InChI is InChI=1S/C18H10O2S/c19-21(20)15-9-3-7-13-11-5-1-2-6-12(11)14-8-4-10-16(21)18(14)17(13)15/h1-10H. The molecule has 0 aliphatic carbocycles. The van der Waals surface area contributed by atoms with E-state index in [1.165, 1.54) is 0 Å². The van der Waals surface area contributed by atoms with Crippen molar-refractivity contribution in [3.63, 3.8) is 0 Å². The molecule has 1 aliphatic rings. The van der Waals surface area contributed by atoms with Gasteiger partial charge in [0.1, 0.15) is 0 Å². The van der Waals surface area contributed by atoms with Crippen LogP contribution < -0.4 is 0 Å². The van der Waals surface area contributed by atoms with Gasteiger partial charge in [0, 0.05) is 10.8 Å². The number of sulfone groups is 1. The minimum absolute atomic E-state index is 0.442. The average Bonchev–Trinajstić information content (AvgIpc) is 2.76. The van der Waals surface area contributed by atoms with Crippen molar-refractivity contribution in [2.24, 2.45) is 0 Å². The van der Waals surface area contributed by atoms with Crippen LogP contribution in [0.5, 0.6) is 0 Å². The number of hydrogen-bond acceptors (Lipinski definition) is 2. The summed E-state index contributed by atoms with van der Waals surface area (Å²) in [6.45, 7) is 0. The topological polar surface area (TPSA) is 34.1 Å². The Morgan fingerprint density at radius 1 is 0.524 bits per heavy atom. The van der Waals surface area contributed by atoms with Gasteiger partial charge in [-0.1, -0.05) is 48.5 Å². The molecule has 0 fully saturated rings. The summed E-state index contributed by atoms with van der Waals surface area (Å²) in [5.41, 5.74) is 0. The first kappa shape index (κ1) is 11.3. The Kier molecular flexibility index (Phi) is 1.85. The van der Waals surface area contributed by atoms with Gasteiger partial charge in [0.25, 0.3) is 0 Å². The number of hydrogen-bond donors (Lipinski definition) is 0. The maximum absolute atomic E-state index is 12.8. The molecule has 100 valence electrons. The van der Waals surface area contributed by atoms with Crippen molar-refractivity contribution in [3.8, 4) is 0 Å². The van der Waals surface area contributed by atoms with Gasteiger partial charge >= 0.3 is 0 Å².